The predicted octanol–water partition coefficient (Wildman–Crippen LogP) is 2.76. The Bertz CT molecular complexity index is 333. The number of carbonyl (C=O) groups is 2. The highest BCUT2D eigenvalue weighted by atomic mass is 16.6. The number of hydrogen-bond acceptors (Lipinski definition) is 3. The van der Waals surface area contributed by atoms with Crippen molar-refractivity contribution < 1.29 is 14.3 Å². The SMILES string of the molecule is CC1CCCN(C(=O)CCC(=O)OC(C)(C)C)C1C. The highest BCUT2D eigenvalue weighted by molar-refractivity contribution is 5.81. The molecule has 1 rings (SSSR count). The molecule has 0 bridgehead atoms. The summed E-state index contributed by atoms with van der Waals surface area (Å²) in [5.41, 5.74) is -0.479. The molecule has 4 heteroatoms. The van der Waals surface area contributed by atoms with Crippen molar-refractivity contribution in [3.63, 3.8) is 0 Å². The van der Waals surface area contributed by atoms with Crippen LogP contribution in [0.3, 0.4) is 0 Å². The van der Waals surface area contributed by atoms with E-state index in [-0.39, 0.29) is 30.8 Å². The Kier molecular flexibility index (Phi) is 5.39. The lowest BCUT2D eigenvalue weighted by Crippen LogP contribution is -2.46. The Morgan fingerprint density at radius 1 is 1.21 bits per heavy atom. The third kappa shape index (κ3) is 5.21. The van der Waals surface area contributed by atoms with Crippen molar-refractivity contribution in [3.05, 3.63) is 0 Å². The first-order valence-electron chi connectivity index (χ1n) is 7.22. The van der Waals surface area contributed by atoms with Crippen molar-refractivity contribution in [1.29, 1.82) is 0 Å². The topological polar surface area (TPSA) is 46.6 Å². The van der Waals surface area contributed by atoms with Gasteiger partial charge in [-0.05, 0) is 46.5 Å². The normalized spacial score (nSPS) is 24.2. The molecule has 0 aromatic carbocycles. The van der Waals surface area contributed by atoms with Crippen LogP contribution in [-0.4, -0.2) is 35.0 Å². The summed E-state index contributed by atoms with van der Waals surface area (Å²) in [6.07, 6.45) is 2.67. The molecule has 0 N–H and O–H groups in total. The van der Waals surface area contributed by atoms with Crippen LogP contribution >= 0.6 is 0 Å². The number of nitrogens with zero attached hydrogens (tertiary/aromatic N) is 1. The molecule has 0 aromatic rings. The first-order valence-corrected chi connectivity index (χ1v) is 7.22. The largest absolute Gasteiger partial charge is 0.460 e. The van der Waals surface area contributed by atoms with E-state index in [1.165, 1.54) is 6.42 Å². The van der Waals surface area contributed by atoms with Crippen molar-refractivity contribution in [3.8, 4) is 0 Å². The van der Waals surface area contributed by atoms with E-state index in [9.17, 15) is 9.59 Å². The monoisotopic (exact) mass is 269 g/mol. The molecule has 2 atom stereocenters. The summed E-state index contributed by atoms with van der Waals surface area (Å²) in [6.45, 7) is 10.6. The van der Waals surface area contributed by atoms with Crippen LogP contribution in [0.15, 0.2) is 0 Å². The van der Waals surface area contributed by atoms with E-state index in [1.807, 2.05) is 25.7 Å². The van der Waals surface area contributed by atoms with E-state index in [2.05, 4.69) is 13.8 Å². The van der Waals surface area contributed by atoms with Crippen LogP contribution in [0.2, 0.25) is 0 Å². The summed E-state index contributed by atoms with van der Waals surface area (Å²) in [6, 6.07) is 0.278. The third-order valence-corrected chi connectivity index (χ3v) is 3.66. The van der Waals surface area contributed by atoms with Gasteiger partial charge in [-0.15, -0.1) is 0 Å². The molecule has 1 fully saturated rings. The molecule has 0 aromatic heterocycles. The van der Waals surface area contributed by atoms with Crippen LogP contribution in [0.25, 0.3) is 0 Å². The molecule has 110 valence electrons. The molecule has 4 nitrogen and oxygen atoms in total. The average molecular weight is 269 g/mol. The molecular formula is C15H27NO3. The maximum atomic E-state index is 12.1. The van der Waals surface area contributed by atoms with E-state index >= 15 is 0 Å². The van der Waals surface area contributed by atoms with E-state index in [0.29, 0.717) is 5.92 Å². The van der Waals surface area contributed by atoms with Gasteiger partial charge in [-0.25, -0.2) is 0 Å². The first kappa shape index (κ1) is 16.0. The molecule has 1 amide bonds. The molecule has 0 aliphatic carbocycles. The van der Waals surface area contributed by atoms with Crippen molar-refractivity contribution >= 4 is 11.9 Å². The fourth-order valence-corrected chi connectivity index (χ4v) is 2.43. The molecule has 0 radical (unpaired) electrons. The zero-order valence-corrected chi connectivity index (χ0v) is 12.9. The maximum absolute atomic E-state index is 12.1. The number of ether oxygens (including phenoxy) is 1. The molecule has 1 saturated heterocycles. The highest BCUT2D eigenvalue weighted by Crippen LogP contribution is 2.23. The smallest absolute Gasteiger partial charge is 0.306 e. The fourth-order valence-electron chi connectivity index (χ4n) is 2.43. The zero-order chi connectivity index (χ0) is 14.6. The van der Waals surface area contributed by atoms with Gasteiger partial charge in [-0.3, -0.25) is 9.59 Å². The number of amides is 1. The van der Waals surface area contributed by atoms with Gasteiger partial charge in [-0.1, -0.05) is 6.92 Å². The highest BCUT2D eigenvalue weighted by Gasteiger charge is 2.28. The van der Waals surface area contributed by atoms with Crippen LogP contribution < -0.4 is 0 Å². The van der Waals surface area contributed by atoms with Gasteiger partial charge in [-0.2, -0.15) is 0 Å². The van der Waals surface area contributed by atoms with Crippen LogP contribution in [0.4, 0.5) is 0 Å². The molecule has 19 heavy (non-hydrogen) atoms. The summed E-state index contributed by atoms with van der Waals surface area (Å²) >= 11 is 0. The van der Waals surface area contributed by atoms with Gasteiger partial charge in [0.05, 0.1) is 6.42 Å². The second kappa shape index (κ2) is 6.40. The lowest BCUT2D eigenvalue weighted by Gasteiger charge is -2.38. The molecule has 1 aliphatic heterocycles. The Labute approximate surface area is 116 Å². The van der Waals surface area contributed by atoms with E-state index in [4.69, 9.17) is 4.74 Å². The summed E-state index contributed by atoms with van der Waals surface area (Å²) < 4.78 is 5.21. The Balaban J connectivity index is 2.41. The maximum Gasteiger partial charge on any atom is 0.306 e. The molecule has 0 spiro atoms. The molecule has 1 heterocycles. The van der Waals surface area contributed by atoms with Crippen molar-refractivity contribution in [2.75, 3.05) is 6.54 Å². The van der Waals surface area contributed by atoms with Crippen LogP contribution in [0.1, 0.15) is 60.3 Å². The van der Waals surface area contributed by atoms with Crippen LogP contribution in [0.5, 0.6) is 0 Å². The van der Waals surface area contributed by atoms with E-state index in [1.54, 1.807) is 0 Å². The Morgan fingerprint density at radius 2 is 1.84 bits per heavy atom. The Hall–Kier alpha value is -1.06. The minimum Gasteiger partial charge on any atom is -0.460 e. The second-order valence-corrected chi connectivity index (χ2v) is 6.53. The minimum absolute atomic E-state index is 0.0740. The predicted molar refractivity (Wildman–Crippen MR) is 74.7 cm³/mol. The van der Waals surface area contributed by atoms with Gasteiger partial charge in [0, 0.05) is 19.0 Å². The van der Waals surface area contributed by atoms with Crippen molar-refractivity contribution in [2.24, 2.45) is 5.92 Å². The second-order valence-electron chi connectivity index (χ2n) is 6.53. The minimum atomic E-state index is -0.479. The Morgan fingerprint density at radius 3 is 2.42 bits per heavy atom. The number of likely N-dealkylation sites (tertiary alicyclic amines) is 1. The first-order chi connectivity index (χ1) is 8.70. The number of rotatable bonds is 3. The summed E-state index contributed by atoms with van der Waals surface area (Å²) in [4.78, 5) is 25.7. The summed E-state index contributed by atoms with van der Waals surface area (Å²) in [7, 11) is 0. The fraction of sp³-hybridized carbons (Fsp3) is 0.867. The van der Waals surface area contributed by atoms with Crippen molar-refractivity contribution in [1.82, 2.24) is 4.90 Å². The van der Waals surface area contributed by atoms with Gasteiger partial charge >= 0.3 is 5.97 Å². The summed E-state index contributed by atoms with van der Waals surface area (Å²) in [5.74, 6) is 0.322. The number of hydrogen-bond donors (Lipinski definition) is 0. The number of esters is 1. The van der Waals surface area contributed by atoms with E-state index < -0.39 is 5.60 Å². The molecule has 1 aliphatic rings. The van der Waals surface area contributed by atoms with Gasteiger partial charge in [0.25, 0.3) is 0 Å². The number of carbonyl (C=O) groups excluding carboxylic acids is 2. The molecular weight excluding hydrogens is 242 g/mol. The summed E-state index contributed by atoms with van der Waals surface area (Å²) in [5, 5.41) is 0. The van der Waals surface area contributed by atoms with Gasteiger partial charge in [0.1, 0.15) is 5.60 Å². The van der Waals surface area contributed by atoms with E-state index in [0.717, 1.165) is 13.0 Å². The lowest BCUT2D eigenvalue weighted by molar-refractivity contribution is -0.156. The average Bonchev–Trinajstić information content (AvgIpc) is 2.27. The quantitative estimate of drug-likeness (QED) is 0.740. The zero-order valence-electron chi connectivity index (χ0n) is 12.9. The van der Waals surface area contributed by atoms with Gasteiger partial charge < -0.3 is 9.64 Å². The molecule has 0 saturated carbocycles. The lowest BCUT2D eigenvalue weighted by atomic mass is 9.92. The number of piperidine rings is 1. The van der Waals surface area contributed by atoms with Crippen LogP contribution in [0, 0.1) is 5.92 Å². The van der Waals surface area contributed by atoms with Gasteiger partial charge in [0.15, 0.2) is 0 Å². The van der Waals surface area contributed by atoms with Crippen molar-refractivity contribution in [2.45, 2.75) is 71.9 Å². The third-order valence-electron chi connectivity index (χ3n) is 3.66. The van der Waals surface area contributed by atoms with Gasteiger partial charge in [0.2, 0.25) is 5.91 Å². The van der Waals surface area contributed by atoms with Crippen LogP contribution in [-0.2, 0) is 14.3 Å². The molecule has 2 unspecified atom stereocenters. The standard InChI is InChI=1S/C15H27NO3/c1-11-7-6-10-16(12(11)2)13(17)8-9-14(18)19-15(3,4)5/h11-12H,6-10H2,1-5H3.